The number of rotatable bonds is 5. The van der Waals surface area contributed by atoms with Gasteiger partial charge in [-0.3, -0.25) is 9.59 Å². The zero-order valence-electron chi connectivity index (χ0n) is 14.5. The molecular formula is C16H28N2O5S. The fourth-order valence-electron chi connectivity index (χ4n) is 3.78. The van der Waals surface area contributed by atoms with E-state index in [0.717, 1.165) is 12.8 Å². The minimum Gasteiger partial charge on any atom is -0.481 e. The molecular weight excluding hydrogens is 332 g/mol. The maximum Gasteiger partial charge on any atom is 0.308 e. The molecule has 2 fully saturated rings. The van der Waals surface area contributed by atoms with E-state index in [0.29, 0.717) is 32.4 Å². The van der Waals surface area contributed by atoms with E-state index in [1.54, 1.807) is 4.90 Å². The van der Waals surface area contributed by atoms with Crippen molar-refractivity contribution in [1.82, 2.24) is 9.21 Å². The predicted molar refractivity (Wildman–Crippen MR) is 89.9 cm³/mol. The van der Waals surface area contributed by atoms with Crippen LogP contribution in [-0.4, -0.2) is 66.0 Å². The molecule has 1 N–H and O–H groups in total. The third kappa shape index (κ3) is 4.27. The van der Waals surface area contributed by atoms with Crippen molar-refractivity contribution in [1.29, 1.82) is 0 Å². The summed E-state index contributed by atoms with van der Waals surface area (Å²) in [6.45, 7) is 4.80. The molecule has 0 bridgehead atoms. The topological polar surface area (TPSA) is 95.0 Å². The number of aliphatic carboxylic acids is 1. The molecule has 0 saturated carbocycles. The SMILES string of the molecule is CCCS(=O)(=O)N1CCCCC1C(=O)N1CC(C)CC(C(=O)O)C1. The highest BCUT2D eigenvalue weighted by molar-refractivity contribution is 7.89. The van der Waals surface area contributed by atoms with Crippen LogP contribution in [0.2, 0.25) is 0 Å². The van der Waals surface area contributed by atoms with E-state index in [2.05, 4.69) is 0 Å². The first kappa shape index (κ1) is 19.2. The Labute approximate surface area is 144 Å². The van der Waals surface area contributed by atoms with Gasteiger partial charge in [-0.1, -0.05) is 20.3 Å². The maximum absolute atomic E-state index is 13.0. The summed E-state index contributed by atoms with van der Waals surface area (Å²) in [5, 5.41) is 9.27. The molecule has 8 heteroatoms. The average Bonchev–Trinajstić information content (AvgIpc) is 2.53. The van der Waals surface area contributed by atoms with E-state index in [-0.39, 0.29) is 24.1 Å². The lowest BCUT2D eigenvalue weighted by atomic mass is 9.89. The molecule has 2 rings (SSSR count). The van der Waals surface area contributed by atoms with E-state index in [9.17, 15) is 23.1 Å². The molecule has 0 aliphatic carbocycles. The minimum absolute atomic E-state index is 0.0466. The number of likely N-dealkylation sites (tertiary alicyclic amines) is 1. The van der Waals surface area contributed by atoms with Crippen molar-refractivity contribution in [3.63, 3.8) is 0 Å². The number of carboxylic acid groups (broad SMARTS) is 1. The second kappa shape index (κ2) is 7.82. The molecule has 2 aliphatic rings. The van der Waals surface area contributed by atoms with Crippen molar-refractivity contribution in [3.8, 4) is 0 Å². The first-order chi connectivity index (χ1) is 11.3. The van der Waals surface area contributed by atoms with Crippen molar-refractivity contribution in [2.75, 3.05) is 25.4 Å². The van der Waals surface area contributed by atoms with E-state index >= 15 is 0 Å². The van der Waals surface area contributed by atoms with Crippen LogP contribution in [-0.2, 0) is 19.6 Å². The lowest BCUT2D eigenvalue weighted by Gasteiger charge is -2.40. The molecule has 24 heavy (non-hydrogen) atoms. The van der Waals surface area contributed by atoms with Gasteiger partial charge in [0.25, 0.3) is 0 Å². The normalized spacial score (nSPS) is 29.4. The number of hydrogen-bond acceptors (Lipinski definition) is 4. The summed E-state index contributed by atoms with van der Waals surface area (Å²) in [7, 11) is -3.44. The van der Waals surface area contributed by atoms with Crippen LogP contribution < -0.4 is 0 Å². The molecule has 0 radical (unpaired) electrons. The van der Waals surface area contributed by atoms with Crippen molar-refractivity contribution in [2.45, 2.75) is 52.0 Å². The Balaban J connectivity index is 2.17. The van der Waals surface area contributed by atoms with Crippen LogP contribution in [0.15, 0.2) is 0 Å². The number of piperidine rings is 2. The first-order valence-corrected chi connectivity index (χ1v) is 10.4. The van der Waals surface area contributed by atoms with Crippen molar-refractivity contribution < 1.29 is 23.1 Å². The summed E-state index contributed by atoms with van der Waals surface area (Å²) in [6, 6.07) is -0.671. The Bertz CT molecular complexity index is 577. The average molecular weight is 360 g/mol. The Morgan fingerprint density at radius 3 is 2.54 bits per heavy atom. The van der Waals surface area contributed by atoms with E-state index in [1.807, 2.05) is 13.8 Å². The molecule has 2 saturated heterocycles. The van der Waals surface area contributed by atoms with Crippen LogP contribution in [0.3, 0.4) is 0 Å². The third-order valence-corrected chi connectivity index (χ3v) is 6.95. The standard InChI is InChI=1S/C16H28N2O5S/c1-3-8-24(22,23)18-7-5-4-6-14(18)15(19)17-10-12(2)9-13(11-17)16(20)21/h12-14H,3-11H2,1-2H3,(H,20,21). The molecule has 0 spiro atoms. The monoisotopic (exact) mass is 360 g/mol. The van der Waals surface area contributed by atoms with Crippen molar-refractivity contribution >= 4 is 21.9 Å². The summed E-state index contributed by atoms with van der Waals surface area (Å²) in [4.78, 5) is 25.8. The molecule has 7 nitrogen and oxygen atoms in total. The van der Waals surface area contributed by atoms with Gasteiger partial charge in [0, 0.05) is 19.6 Å². The van der Waals surface area contributed by atoms with Crippen molar-refractivity contribution in [2.24, 2.45) is 11.8 Å². The van der Waals surface area contributed by atoms with Gasteiger partial charge in [-0.25, -0.2) is 8.42 Å². The van der Waals surface area contributed by atoms with Crippen LogP contribution in [0.5, 0.6) is 0 Å². The van der Waals surface area contributed by atoms with E-state index < -0.39 is 28.0 Å². The van der Waals surface area contributed by atoms with E-state index in [4.69, 9.17) is 0 Å². The van der Waals surface area contributed by atoms with Gasteiger partial charge in [-0.15, -0.1) is 0 Å². The molecule has 0 aromatic heterocycles. The van der Waals surface area contributed by atoms with Gasteiger partial charge >= 0.3 is 5.97 Å². The largest absolute Gasteiger partial charge is 0.481 e. The van der Waals surface area contributed by atoms with Gasteiger partial charge in [0.05, 0.1) is 11.7 Å². The molecule has 0 aromatic rings. The number of amides is 1. The zero-order valence-corrected chi connectivity index (χ0v) is 15.3. The fourth-order valence-corrected chi connectivity index (χ4v) is 5.52. The summed E-state index contributed by atoms with van der Waals surface area (Å²) in [5.41, 5.74) is 0. The quantitative estimate of drug-likeness (QED) is 0.793. The highest BCUT2D eigenvalue weighted by Gasteiger charge is 2.40. The second-order valence-electron chi connectivity index (χ2n) is 7.06. The molecule has 2 heterocycles. The van der Waals surface area contributed by atoms with Crippen molar-refractivity contribution in [3.05, 3.63) is 0 Å². The molecule has 1 amide bonds. The molecule has 2 aliphatic heterocycles. The van der Waals surface area contributed by atoms with E-state index in [1.165, 1.54) is 4.31 Å². The number of sulfonamides is 1. The predicted octanol–water partition coefficient (Wildman–Crippen LogP) is 1.15. The summed E-state index contributed by atoms with van der Waals surface area (Å²) >= 11 is 0. The summed E-state index contributed by atoms with van der Waals surface area (Å²) < 4.78 is 26.3. The number of carboxylic acids is 1. The Morgan fingerprint density at radius 1 is 1.21 bits per heavy atom. The zero-order chi connectivity index (χ0) is 17.9. The Morgan fingerprint density at radius 2 is 1.92 bits per heavy atom. The number of carbonyl (C=O) groups is 2. The van der Waals surface area contributed by atoms with Crippen LogP contribution >= 0.6 is 0 Å². The highest BCUT2D eigenvalue weighted by Crippen LogP contribution is 2.27. The van der Waals surface area contributed by atoms with Gasteiger partial charge in [0.15, 0.2) is 0 Å². The first-order valence-electron chi connectivity index (χ1n) is 8.77. The Hall–Kier alpha value is -1.15. The van der Waals surface area contributed by atoms with Crippen LogP contribution in [0.25, 0.3) is 0 Å². The molecule has 0 aromatic carbocycles. The molecule has 138 valence electrons. The minimum atomic E-state index is -3.44. The van der Waals surface area contributed by atoms with Gasteiger partial charge in [0.2, 0.25) is 15.9 Å². The fraction of sp³-hybridized carbons (Fsp3) is 0.875. The summed E-state index contributed by atoms with van der Waals surface area (Å²) in [5.74, 6) is -1.54. The third-order valence-electron chi connectivity index (χ3n) is 4.88. The van der Waals surface area contributed by atoms with Gasteiger partial charge in [0.1, 0.15) is 6.04 Å². The lowest BCUT2D eigenvalue weighted by Crippen LogP contribution is -2.56. The van der Waals surface area contributed by atoms with Crippen LogP contribution in [0, 0.1) is 11.8 Å². The van der Waals surface area contributed by atoms with Crippen LogP contribution in [0.4, 0.5) is 0 Å². The molecule has 3 atom stereocenters. The smallest absolute Gasteiger partial charge is 0.308 e. The number of hydrogen-bond donors (Lipinski definition) is 1. The highest BCUT2D eigenvalue weighted by atomic mass is 32.2. The van der Waals surface area contributed by atoms with Gasteiger partial charge < -0.3 is 10.0 Å². The Kier molecular flexibility index (Phi) is 6.25. The van der Waals surface area contributed by atoms with Gasteiger partial charge in [-0.2, -0.15) is 4.31 Å². The molecule has 3 unspecified atom stereocenters. The van der Waals surface area contributed by atoms with Crippen LogP contribution in [0.1, 0.15) is 46.0 Å². The maximum atomic E-state index is 13.0. The summed E-state index contributed by atoms with van der Waals surface area (Å²) in [6.07, 6.45) is 3.18. The second-order valence-corrected chi connectivity index (χ2v) is 9.10. The number of carbonyl (C=O) groups excluding carboxylic acids is 1. The lowest BCUT2D eigenvalue weighted by molar-refractivity contribution is -0.148. The van der Waals surface area contributed by atoms with Gasteiger partial charge in [-0.05, 0) is 31.6 Å². The number of nitrogens with zero attached hydrogens (tertiary/aromatic N) is 2.